The molecule has 1 N–H and O–H groups in total. The first kappa shape index (κ1) is 22.1. The molecule has 0 saturated heterocycles. The summed E-state index contributed by atoms with van der Waals surface area (Å²) < 4.78 is 10.6. The molecule has 0 bridgehead atoms. The van der Waals surface area contributed by atoms with Gasteiger partial charge in [0.05, 0.1) is 19.5 Å². The van der Waals surface area contributed by atoms with Crippen molar-refractivity contribution in [3.8, 4) is 11.5 Å². The van der Waals surface area contributed by atoms with Gasteiger partial charge in [0.15, 0.2) is 11.5 Å². The minimum Gasteiger partial charge on any atom is -0.493 e. The van der Waals surface area contributed by atoms with Crippen molar-refractivity contribution in [2.24, 2.45) is 0 Å². The molecular formula is C24H25NO3S2. The van der Waals surface area contributed by atoms with Crippen molar-refractivity contribution in [3.63, 3.8) is 0 Å². The van der Waals surface area contributed by atoms with Crippen LogP contribution in [0.5, 0.6) is 11.5 Å². The van der Waals surface area contributed by atoms with Gasteiger partial charge in [0.2, 0.25) is 5.91 Å². The number of hydrogen-bond donors (Lipinski definition) is 1. The molecule has 0 aliphatic heterocycles. The summed E-state index contributed by atoms with van der Waals surface area (Å²) in [6.45, 7) is 1.89. The molecule has 0 unspecified atom stereocenters. The third-order valence-electron chi connectivity index (χ3n) is 4.41. The normalized spacial score (nSPS) is 11.6. The van der Waals surface area contributed by atoms with Gasteiger partial charge in [-0.1, -0.05) is 30.3 Å². The first-order valence-electron chi connectivity index (χ1n) is 9.55. The Labute approximate surface area is 186 Å². The van der Waals surface area contributed by atoms with Crippen molar-refractivity contribution in [1.29, 1.82) is 0 Å². The smallest absolute Gasteiger partial charge is 0.237 e. The van der Waals surface area contributed by atoms with Crippen LogP contribution in [0.4, 0.5) is 5.69 Å². The van der Waals surface area contributed by atoms with Gasteiger partial charge in [0.1, 0.15) is 0 Å². The third-order valence-corrected chi connectivity index (χ3v) is 6.58. The van der Waals surface area contributed by atoms with Gasteiger partial charge in [-0.25, -0.2) is 0 Å². The van der Waals surface area contributed by atoms with Crippen LogP contribution in [0.2, 0.25) is 0 Å². The summed E-state index contributed by atoms with van der Waals surface area (Å²) in [5.74, 6) is 2.17. The molecule has 0 radical (unpaired) electrons. The van der Waals surface area contributed by atoms with E-state index in [9.17, 15) is 4.79 Å². The zero-order valence-electron chi connectivity index (χ0n) is 17.3. The van der Waals surface area contributed by atoms with Gasteiger partial charge in [0.25, 0.3) is 0 Å². The highest BCUT2D eigenvalue weighted by Crippen LogP contribution is 2.33. The second-order valence-corrected chi connectivity index (χ2v) is 9.03. The van der Waals surface area contributed by atoms with Crippen molar-refractivity contribution in [2.75, 3.05) is 19.5 Å². The summed E-state index contributed by atoms with van der Waals surface area (Å²) >= 11 is 3.27. The number of amides is 1. The van der Waals surface area contributed by atoms with Crippen LogP contribution < -0.4 is 14.8 Å². The Bertz CT molecular complexity index is 962. The molecule has 156 valence electrons. The second kappa shape index (κ2) is 11.0. The maximum atomic E-state index is 12.6. The molecule has 0 aromatic heterocycles. The topological polar surface area (TPSA) is 47.6 Å². The van der Waals surface area contributed by atoms with Crippen LogP contribution in [0, 0.1) is 0 Å². The van der Waals surface area contributed by atoms with E-state index in [1.54, 1.807) is 26.0 Å². The van der Waals surface area contributed by atoms with E-state index in [1.165, 1.54) is 22.2 Å². The molecule has 0 heterocycles. The molecule has 3 rings (SSSR count). The lowest BCUT2D eigenvalue weighted by Crippen LogP contribution is -2.22. The molecule has 0 aliphatic rings. The minimum absolute atomic E-state index is 0.0406. The van der Waals surface area contributed by atoms with E-state index >= 15 is 0 Å². The lowest BCUT2D eigenvalue weighted by Gasteiger charge is -2.14. The van der Waals surface area contributed by atoms with Crippen LogP contribution in [0.25, 0.3) is 0 Å². The summed E-state index contributed by atoms with van der Waals surface area (Å²) in [7, 11) is 3.21. The van der Waals surface area contributed by atoms with Crippen LogP contribution >= 0.6 is 23.5 Å². The monoisotopic (exact) mass is 439 g/mol. The molecule has 1 amide bonds. The molecule has 0 saturated carbocycles. The van der Waals surface area contributed by atoms with Crippen molar-refractivity contribution in [3.05, 3.63) is 78.4 Å². The number of carbonyl (C=O) groups is 1. The van der Waals surface area contributed by atoms with Crippen LogP contribution in [0.15, 0.2) is 82.6 Å². The lowest BCUT2D eigenvalue weighted by atomic mass is 10.2. The predicted molar refractivity (Wildman–Crippen MR) is 126 cm³/mol. The number of hydrogen-bond acceptors (Lipinski definition) is 5. The van der Waals surface area contributed by atoms with Gasteiger partial charge < -0.3 is 14.8 Å². The van der Waals surface area contributed by atoms with Crippen molar-refractivity contribution in [2.45, 2.75) is 27.7 Å². The fraction of sp³-hybridized carbons (Fsp3) is 0.208. The molecule has 0 aliphatic carbocycles. The zero-order chi connectivity index (χ0) is 21.3. The van der Waals surface area contributed by atoms with Gasteiger partial charge in [0, 0.05) is 21.2 Å². The zero-order valence-corrected chi connectivity index (χ0v) is 18.9. The summed E-state index contributed by atoms with van der Waals surface area (Å²) in [5, 5.41) is 2.74. The van der Waals surface area contributed by atoms with Crippen LogP contribution in [0.1, 0.15) is 12.5 Å². The molecule has 30 heavy (non-hydrogen) atoms. The first-order valence-corrected chi connectivity index (χ1v) is 11.4. The van der Waals surface area contributed by atoms with Crippen molar-refractivity contribution < 1.29 is 14.3 Å². The summed E-state index contributed by atoms with van der Waals surface area (Å²) in [6, 6.07) is 24.0. The highest BCUT2D eigenvalue weighted by molar-refractivity contribution is 8.00. The average Bonchev–Trinajstić information content (AvgIpc) is 2.79. The number of anilines is 1. The molecule has 1 atom stereocenters. The van der Waals surface area contributed by atoms with Crippen LogP contribution in [-0.2, 0) is 10.5 Å². The van der Waals surface area contributed by atoms with Gasteiger partial charge in [-0.2, -0.15) is 0 Å². The Kier molecular flexibility index (Phi) is 8.11. The van der Waals surface area contributed by atoms with Gasteiger partial charge in [-0.05, 0) is 55.0 Å². The molecule has 0 spiro atoms. The molecule has 4 nitrogen and oxygen atoms in total. The Morgan fingerprint density at radius 3 is 2.27 bits per heavy atom. The fourth-order valence-electron chi connectivity index (χ4n) is 2.76. The summed E-state index contributed by atoms with van der Waals surface area (Å²) in [5.41, 5.74) is 2.02. The summed E-state index contributed by atoms with van der Waals surface area (Å²) in [6.07, 6.45) is 0. The van der Waals surface area contributed by atoms with Crippen LogP contribution in [0.3, 0.4) is 0 Å². The highest BCUT2D eigenvalue weighted by Gasteiger charge is 2.16. The Morgan fingerprint density at radius 2 is 1.60 bits per heavy atom. The maximum absolute atomic E-state index is 12.6. The Balaban J connectivity index is 1.53. The lowest BCUT2D eigenvalue weighted by molar-refractivity contribution is -0.115. The van der Waals surface area contributed by atoms with E-state index in [0.29, 0.717) is 11.5 Å². The third kappa shape index (κ3) is 6.21. The Hall–Kier alpha value is -2.57. The fourth-order valence-corrected chi connectivity index (χ4v) is 4.53. The first-order chi connectivity index (χ1) is 14.6. The van der Waals surface area contributed by atoms with E-state index in [0.717, 1.165) is 16.3 Å². The largest absolute Gasteiger partial charge is 0.493 e. The quantitative estimate of drug-likeness (QED) is 0.407. The van der Waals surface area contributed by atoms with Crippen molar-refractivity contribution in [1.82, 2.24) is 0 Å². The average molecular weight is 440 g/mol. The van der Waals surface area contributed by atoms with Gasteiger partial charge in [-0.3, -0.25) is 4.79 Å². The van der Waals surface area contributed by atoms with Gasteiger partial charge >= 0.3 is 0 Å². The van der Waals surface area contributed by atoms with E-state index in [2.05, 4.69) is 29.6 Å². The number of ether oxygens (including phenoxy) is 2. The number of carbonyl (C=O) groups excluding carboxylic acids is 1. The summed E-state index contributed by atoms with van der Waals surface area (Å²) in [4.78, 5) is 14.8. The standard InChI is InChI=1S/C24H25NO3S2/c1-17(30-21-13-14-22(27-2)23(15-21)28-3)24(26)25-19-11-9-18(10-12-19)16-29-20-7-5-4-6-8-20/h4-15,17H,16H2,1-3H3,(H,25,26)/t17-/m0/s1. The minimum atomic E-state index is -0.253. The molecule has 3 aromatic rings. The molecule has 6 heteroatoms. The molecule has 3 aromatic carbocycles. The highest BCUT2D eigenvalue weighted by atomic mass is 32.2. The van der Waals surface area contributed by atoms with Gasteiger partial charge in [-0.15, -0.1) is 23.5 Å². The van der Waals surface area contributed by atoms with E-state index in [-0.39, 0.29) is 11.2 Å². The number of nitrogens with one attached hydrogen (secondary N) is 1. The number of thioether (sulfide) groups is 2. The molecular weight excluding hydrogens is 414 g/mol. The number of rotatable bonds is 9. The number of benzene rings is 3. The second-order valence-electron chi connectivity index (χ2n) is 6.56. The van der Waals surface area contributed by atoms with Crippen molar-refractivity contribution >= 4 is 35.1 Å². The molecule has 0 fully saturated rings. The maximum Gasteiger partial charge on any atom is 0.237 e. The SMILES string of the molecule is COc1ccc(S[C@@H](C)C(=O)Nc2ccc(CSc3ccccc3)cc2)cc1OC. The predicted octanol–water partition coefficient (Wildman–Crippen LogP) is 6.12. The van der Waals surface area contributed by atoms with E-state index in [4.69, 9.17) is 9.47 Å². The van der Waals surface area contributed by atoms with E-state index < -0.39 is 0 Å². The van der Waals surface area contributed by atoms with E-state index in [1.807, 2.05) is 55.5 Å². The number of methoxy groups -OCH3 is 2. The Morgan fingerprint density at radius 1 is 0.900 bits per heavy atom. The van der Waals surface area contributed by atoms with Crippen LogP contribution in [-0.4, -0.2) is 25.4 Å².